The quantitative estimate of drug-likeness (QED) is 0.588. The zero-order valence-electron chi connectivity index (χ0n) is 14.8. The largest absolute Gasteiger partial charge is 0.497 e. The molecule has 1 unspecified atom stereocenters. The normalized spacial score (nSPS) is 18.4. The molecule has 1 aliphatic rings. The van der Waals surface area contributed by atoms with Gasteiger partial charge in [-0.05, 0) is 54.9 Å². The Morgan fingerprint density at radius 1 is 1.12 bits per heavy atom. The van der Waals surface area contributed by atoms with Crippen molar-refractivity contribution in [3.8, 4) is 5.75 Å². The molecule has 1 atom stereocenters. The topological polar surface area (TPSA) is 46.6 Å². The number of nitrogens with zero attached hydrogens (tertiary/aromatic N) is 1. The molecule has 2 aromatic rings. The first-order chi connectivity index (χ1) is 12.6. The highest BCUT2D eigenvalue weighted by molar-refractivity contribution is 6.30. The number of rotatable bonds is 5. The summed E-state index contributed by atoms with van der Waals surface area (Å²) in [4.78, 5) is 27.4. The van der Waals surface area contributed by atoms with Crippen LogP contribution in [0.4, 0.5) is 0 Å². The van der Waals surface area contributed by atoms with E-state index in [0.717, 1.165) is 18.8 Å². The monoisotopic (exact) mass is 371 g/mol. The van der Waals surface area contributed by atoms with E-state index in [4.69, 9.17) is 16.3 Å². The van der Waals surface area contributed by atoms with E-state index in [1.807, 2.05) is 24.3 Å². The van der Waals surface area contributed by atoms with E-state index in [0.29, 0.717) is 30.0 Å². The fourth-order valence-corrected chi connectivity index (χ4v) is 3.39. The summed E-state index contributed by atoms with van der Waals surface area (Å²) in [7, 11) is 1.65. The first-order valence-electron chi connectivity index (χ1n) is 8.74. The van der Waals surface area contributed by atoms with E-state index in [9.17, 15) is 9.59 Å². The molecule has 3 rings (SSSR count). The summed E-state index contributed by atoms with van der Waals surface area (Å²) in [5.74, 6) is 0.200. The summed E-state index contributed by atoms with van der Waals surface area (Å²) in [6, 6.07) is 14.7. The van der Waals surface area contributed by atoms with E-state index >= 15 is 0 Å². The van der Waals surface area contributed by atoms with Gasteiger partial charge in [0.1, 0.15) is 11.5 Å². The van der Waals surface area contributed by atoms with Gasteiger partial charge in [0.2, 0.25) is 0 Å². The van der Waals surface area contributed by atoms with Crippen molar-refractivity contribution in [3.63, 3.8) is 0 Å². The van der Waals surface area contributed by atoms with Crippen LogP contribution in [-0.4, -0.2) is 36.7 Å². The predicted octanol–water partition coefficient (Wildman–Crippen LogP) is 4.01. The van der Waals surface area contributed by atoms with Crippen LogP contribution in [-0.2, 0) is 11.3 Å². The molecule has 1 fully saturated rings. The minimum Gasteiger partial charge on any atom is -0.497 e. The van der Waals surface area contributed by atoms with Crippen molar-refractivity contribution in [2.45, 2.75) is 19.4 Å². The van der Waals surface area contributed by atoms with Crippen molar-refractivity contribution in [3.05, 3.63) is 64.7 Å². The molecule has 0 aliphatic carbocycles. The van der Waals surface area contributed by atoms with E-state index in [1.54, 1.807) is 31.4 Å². The lowest BCUT2D eigenvalue weighted by molar-refractivity contribution is -0.121. The minimum absolute atomic E-state index is 0.0298. The van der Waals surface area contributed by atoms with Crippen molar-refractivity contribution in [2.24, 2.45) is 5.92 Å². The molecule has 136 valence electrons. The Bertz CT molecular complexity index is 771. The van der Waals surface area contributed by atoms with Gasteiger partial charge in [-0.1, -0.05) is 23.7 Å². The Labute approximate surface area is 158 Å². The molecular formula is C21H22ClNO3. The van der Waals surface area contributed by atoms with Crippen LogP contribution >= 0.6 is 11.6 Å². The van der Waals surface area contributed by atoms with Crippen LogP contribution in [0.3, 0.4) is 0 Å². The highest BCUT2D eigenvalue weighted by atomic mass is 35.5. The van der Waals surface area contributed by atoms with Crippen LogP contribution in [0.25, 0.3) is 0 Å². The highest BCUT2D eigenvalue weighted by Gasteiger charge is 2.30. The van der Waals surface area contributed by atoms with Crippen LogP contribution in [0.5, 0.6) is 5.75 Å². The second kappa shape index (κ2) is 8.47. The second-order valence-electron chi connectivity index (χ2n) is 6.55. The highest BCUT2D eigenvalue weighted by Crippen LogP contribution is 2.22. The Kier molecular flexibility index (Phi) is 6.07. The third-order valence-electron chi connectivity index (χ3n) is 4.81. The van der Waals surface area contributed by atoms with E-state index in [2.05, 4.69) is 4.90 Å². The molecule has 4 nitrogen and oxygen atoms in total. The number of benzene rings is 2. The molecule has 0 aromatic heterocycles. The first-order valence-corrected chi connectivity index (χ1v) is 9.12. The summed E-state index contributed by atoms with van der Waals surface area (Å²) in [5, 5.41) is 0.583. The molecule has 0 bridgehead atoms. The molecule has 0 spiro atoms. The number of carbonyl (C=O) groups excluding carboxylic acids is 2. The van der Waals surface area contributed by atoms with Crippen molar-refractivity contribution in [1.29, 1.82) is 0 Å². The average Bonchev–Trinajstić information content (AvgIpc) is 2.84. The van der Waals surface area contributed by atoms with Gasteiger partial charge in [0, 0.05) is 30.1 Å². The molecule has 5 heteroatoms. The molecule has 0 N–H and O–H groups in total. The van der Waals surface area contributed by atoms with Crippen LogP contribution in [0, 0.1) is 5.92 Å². The molecule has 2 aromatic carbocycles. The Morgan fingerprint density at radius 2 is 1.81 bits per heavy atom. The number of halogens is 1. The maximum absolute atomic E-state index is 12.7. The minimum atomic E-state index is -0.558. The fourth-order valence-electron chi connectivity index (χ4n) is 3.27. The summed E-state index contributed by atoms with van der Waals surface area (Å²) in [5.41, 5.74) is 1.72. The molecule has 1 heterocycles. The number of hydrogen-bond donors (Lipinski definition) is 0. The lowest BCUT2D eigenvalue weighted by Gasteiger charge is -2.19. The van der Waals surface area contributed by atoms with Crippen molar-refractivity contribution in [2.75, 3.05) is 20.2 Å². The second-order valence-corrected chi connectivity index (χ2v) is 6.99. The summed E-state index contributed by atoms with van der Waals surface area (Å²) >= 11 is 5.88. The van der Waals surface area contributed by atoms with Gasteiger partial charge in [-0.3, -0.25) is 14.5 Å². The summed E-state index contributed by atoms with van der Waals surface area (Å²) in [6.07, 6.45) is 0.955. The molecule has 0 radical (unpaired) electrons. The Morgan fingerprint density at radius 3 is 2.46 bits per heavy atom. The number of methoxy groups -OCH3 is 1. The SMILES string of the molecule is COc1ccc(CN2CCC(=O)C(C(=O)c3ccc(Cl)cc3)CC2)cc1. The zero-order chi connectivity index (χ0) is 18.5. The molecular weight excluding hydrogens is 350 g/mol. The number of carbonyl (C=O) groups is 2. The molecule has 0 saturated carbocycles. The standard InChI is InChI=1S/C21H22ClNO3/c1-26-18-8-2-15(3-9-18)14-23-12-10-19(20(24)11-13-23)21(25)16-4-6-17(22)7-5-16/h2-9,19H,10-14H2,1H3. The lowest BCUT2D eigenvalue weighted by Crippen LogP contribution is -2.25. The van der Waals surface area contributed by atoms with Crippen molar-refractivity contribution in [1.82, 2.24) is 4.90 Å². The maximum atomic E-state index is 12.7. The third-order valence-corrected chi connectivity index (χ3v) is 5.06. The molecule has 26 heavy (non-hydrogen) atoms. The Balaban J connectivity index is 1.64. The van der Waals surface area contributed by atoms with E-state index in [-0.39, 0.29) is 11.6 Å². The van der Waals surface area contributed by atoms with Gasteiger partial charge in [0.05, 0.1) is 13.0 Å². The third kappa shape index (κ3) is 4.51. The van der Waals surface area contributed by atoms with Crippen LogP contribution < -0.4 is 4.74 Å². The van der Waals surface area contributed by atoms with Crippen LogP contribution in [0.1, 0.15) is 28.8 Å². The van der Waals surface area contributed by atoms with Crippen molar-refractivity contribution < 1.29 is 14.3 Å². The number of ether oxygens (including phenoxy) is 1. The predicted molar refractivity (Wildman–Crippen MR) is 102 cm³/mol. The van der Waals surface area contributed by atoms with Crippen molar-refractivity contribution >= 4 is 23.2 Å². The molecule has 1 aliphatic heterocycles. The van der Waals surface area contributed by atoms with Gasteiger partial charge in [-0.15, -0.1) is 0 Å². The van der Waals surface area contributed by atoms with Gasteiger partial charge < -0.3 is 4.74 Å². The summed E-state index contributed by atoms with van der Waals surface area (Å²) in [6.45, 7) is 2.16. The number of hydrogen-bond acceptors (Lipinski definition) is 4. The average molecular weight is 372 g/mol. The zero-order valence-corrected chi connectivity index (χ0v) is 15.5. The maximum Gasteiger partial charge on any atom is 0.173 e. The summed E-state index contributed by atoms with van der Waals surface area (Å²) < 4.78 is 5.18. The first kappa shape index (κ1) is 18.6. The number of ketones is 2. The van der Waals surface area contributed by atoms with Crippen LogP contribution in [0.15, 0.2) is 48.5 Å². The fraction of sp³-hybridized carbons (Fsp3) is 0.333. The van der Waals surface area contributed by atoms with Gasteiger partial charge >= 0.3 is 0 Å². The van der Waals surface area contributed by atoms with Crippen LogP contribution in [0.2, 0.25) is 5.02 Å². The van der Waals surface area contributed by atoms with Gasteiger partial charge in [-0.2, -0.15) is 0 Å². The Hall–Kier alpha value is -2.17. The molecule has 1 saturated heterocycles. The van der Waals surface area contributed by atoms with E-state index in [1.165, 1.54) is 5.56 Å². The van der Waals surface area contributed by atoms with Gasteiger partial charge in [-0.25, -0.2) is 0 Å². The number of likely N-dealkylation sites (tertiary alicyclic amines) is 1. The molecule has 0 amide bonds. The number of Topliss-reactive ketones (excluding diaryl/α,β-unsaturated/α-hetero) is 2. The van der Waals surface area contributed by atoms with Gasteiger partial charge in [0.15, 0.2) is 5.78 Å². The lowest BCUT2D eigenvalue weighted by atomic mass is 9.90. The van der Waals surface area contributed by atoms with E-state index < -0.39 is 5.92 Å². The van der Waals surface area contributed by atoms with Gasteiger partial charge in [0.25, 0.3) is 0 Å². The smallest absolute Gasteiger partial charge is 0.173 e.